The minimum Gasteiger partial charge on any atom is -0.493 e. The predicted octanol–water partition coefficient (Wildman–Crippen LogP) is 2.83. The van der Waals surface area contributed by atoms with Gasteiger partial charge in [0.1, 0.15) is 5.15 Å². The van der Waals surface area contributed by atoms with Crippen LogP contribution < -0.4 is 5.69 Å². The van der Waals surface area contributed by atoms with Crippen LogP contribution in [0.25, 0.3) is 10.9 Å². The van der Waals surface area contributed by atoms with Crippen molar-refractivity contribution in [1.82, 2.24) is 18.7 Å². The van der Waals surface area contributed by atoms with E-state index in [2.05, 4.69) is 9.55 Å². The number of aromatic hydroxyl groups is 1. The molecule has 0 saturated carbocycles. The molecule has 4 heterocycles. The fourth-order valence-electron chi connectivity index (χ4n) is 4.36. The lowest BCUT2D eigenvalue weighted by Gasteiger charge is -2.18. The SMILES string of the molecule is O=C(O)CCn1c(O)c2n(c1=O)Cc1c(c3ccccc3n1Cc1ccc(Cl)nc1)C2. The molecule has 0 amide bonds. The van der Waals surface area contributed by atoms with Gasteiger partial charge < -0.3 is 14.8 Å². The largest absolute Gasteiger partial charge is 0.493 e. The maximum absolute atomic E-state index is 12.9. The van der Waals surface area contributed by atoms with Gasteiger partial charge in [-0.15, -0.1) is 0 Å². The summed E-state index contributed by atoms with van der Waals surface area (Å²) in [5.41, 5.74) is 4.18. The van der Waals surface area contributed by atoms with E-state index >= 15 is 0 Å². The summed E-state index contributed by atoms with van der Waals surface area (Å²) in [6.45, 7) is 0.796. The zero-order valence-corrected chi connectivity index (χ0v) is 17.2. The zero-order chi connectivity index (χ0) is 21.7. The van der Waals surface area contributed by atoms with Gasteiger partial charge in [0.15, 0.2) is 0 Å². The minimum absolute atomic E-state index is 0.0680. The molecule has 1 aliphatic heterocycles. The molecule has 31 heavy (non-hydrogen) atoms. The monoisotopic (exact) mass is 438 g/mol. The van der Waals surface area contributed by atoms with Gasteiger partial charge in [-0.1, -0.05) is 35.9 Å². The Morgan fingerprint density at radius 2 is 1.94 bits per heavy atom. The van der Waals surface area contributed by atoms with Crippen LogP contribution in [0, 0.1) is 0 Å². The number of fused-ring (bicyclic) bond motifs is 4. The molecule has 0 unspecified atom stereocenters. The van der Waals surface area contributed by atoms with Crippen LogP contribution in [0.2, 0.25) is 5.15 Å². The number of hydrogen-bond donors (Lipinski definition) is 2. The first-order valence-corrected chi connectivity index (χ1v) is 10.2. The zero-order valence-electron chi connectivity index (χ0n) is 16.5. The van der Waals surface area contributed by atoms with Gasteiger partial charge in [0, 0.05) is 42.3 Å². The molecule has 4 aromatic rings. The Morgan fingerprint density at radius 3 is 2.68 bits per heavy atom. The molecular weight excluding hydrogens is 420 g/mol. The Hall–Kier alpha value is -3.52. The second-order valence-corrected chi connectivity index (χ2v) is 8.02. The van der Waals surface area contributed by atoms with Gasteiger partial charge in [-0.25, -0.2) is 9.78 Å². The van der Waals surface area contributed by atoms with Gasteiger partial charge in [-0.2, -0.15) is 0 Å². The molecule has 1 aliphatic rings. The van der Waals surface area contributed by atoms with Gasteiger partial charge in [-0.3, -0.25) is 13.9 Å². The number of para-hydroxylation sites is 1. The number of rotatable bonds is 5. The summed E-state index contributed by atoms with van der Waals surface area (Å²) in [6.07, 6.45) is 1.89. The highest BCUT2D eigenvalue weighted by molar-refractivity contribution is 6.29. The number of carbonyl (C=O) groups is 1. The summed E-state index contributed by atoms with van der Waals surface area (Å²) in [6, 6.07) is 11.7. The van der Waals surface area contributed by atoms with Crippen molar-refractivity contribution in [3.63, 3.8) is 0 Å². The van der Waals surface area contributed by atoms with E-state index in [0.29, 0.717) is 30.4 Å². The molecule has 5 rings (SSSR count). The van der Waals surface area contributed by atoms with Crippen molar-refractivity contribution in [1.29, 1.82) is 0 Å². The number of imidazole rings is 1. The first-order valence-electron chi connectivity index (χ1n) is 9.86. The van der Waals surface area contributed by atoms with Crippen molar-refractivity contribution in [3.8, 4) is 5.88 Å². The highest BCUT2D eigenvalue weighted by Gasteiger charge is 2.29. The fraction of sp³-hybridized carbons (Fsp3) is 0.227. The van der Waals surface area contributed by atoms with Crippen LogP contribution in [0.4, 0.5) is 0 Å². The molecular formula is C22H19ClN4O4. The smallest absolute Gasteiger partial charge is 0.331 e. The fourth-order valence-corrected chi connectivity index (χ4v) is 4.47. The van der Waals surface area contributed by atoms with Crippen LogP contribution in [-0.2, 0) is 30.8 Å². The van der Waals surface area contributed by atoms with Crippen molar-refractivity contribution >= 4 is 28.5 Å². The summed E-state index contributed by atoms with van der Waals surface area (Å²) in [4.78, 5) is 28.0. The predicted molar refractivity (Wildman–Crippen MR) is 115 cm³/mol. The molecule has 0 saturated heterocycles. The molecule has 158 valence electrons. The third kappa shape index (κ3) is 3.19. The van der Waals surface area contributed by atoms with Crippen LogP contribution in [0.15, 0.2) is 47.4 Å². The van der Waals surface area contributed by atoms with Crippen molar-refractivity contribution in [2.45, 2.75) is 32.5 Å². The quantitative estimate of drug-likeness (QED) is 0.411. The third-order valence-electron chi connectivity index (χ3n) is 5.83. The molecule has 8 nitrogen and oxygen atoms in total. The number of aromatic nitrogens is 4. The second-order valence-electron chi connectivity index (χ2n) is 7.63. The van der Waals surface area contributed by atoms with Gasteiger partial charge in [0.2, 0.25) is 5.88 Å². The average molecular weight is 439 g/mol. The Labute approximate surface area is 181 Å². The average Bonchev–Trinajstić information content (AvgIpc) is 3.19. The Morgan fingerprint density at radius 1 is 1.13 bits per heavy atom. The maximum atomic E-state index is 12.9. The van der Waals surface area contributed by atoms with Gasteiger partial charge >= 0.3 is 11.7 Å². The van der Waals surface area contributed by atoms with Crippen LogP contribution in [-0.4, -0.2) is 34.9 Å². The summed E-state index contributed by atoms with van der Waals surface area (Å²) in [5.74, 6) is -1.18. The lowest BCUT2D eigenvalue weighted by molar-refractivity contribution is -0.137. The number of pyridine rings is 1. The molecule has 9 heteroatoms. The number of halogens is 1. The standard InChI is InChI=1S/C22H19ClN4O4/c23-19-6-5-13(10-24-19)11-26-16-4-2-1-3-14(16)15-9-17-21(30)25(8-7-20(28)29)22(31)27(17)12-18(15)26/h1-6,10,30H,7-9,11-12H2,(H,28,29). The summed E-state index contributed by atoms with van der Waals surface area (Å²) in [7, 11) is 0. The van der Waals surface area contributed by atoms with Crippen LogP contribution >= 0.6 is 11.6 Å². The van der Waals surface area contributed by atoms with E-state index < -0.39 is 11.7 Å². The highest BCUT2D eigenvalue weighted by Crippen LogP contribution is 2.35. The molecule has 0 spiro atoms. The minimum atomic E-state index is -1.02. The molecule has 0 atom stereocenters. The molecule has 0 radical (unpaired) electrons. The lowest BCUT2D eigenvalue weighted by Crippen LogP contribution is -2.29. The number of nitrogens with zero attached hydrogens (tertiary/aromatic N) is 4. The van der Waals surface area contributed by atoms with Crippen molar-refractivity contribution in [2.24, 2.45) is 0 Å². The number of benzene rings is 1. The molecule has 3 aromatic heterocycles. The van der Waals surface area contributed by atoms with Crippen molar-refractivity contribution in [3.05, 3.63) is 80.7 Å². The lowest BCUT2D eigenvalue weighted by atomic mass is 10.0. The molecule has 0 bridgehead atoms. The van der Waals surface area contributed by atoms with Gasteiger partial charge in [-0.05, 0) is 23.3 Å². The molecule has 2 N–H and O–H groups in total. The highest BCUT2D eigenvalue weighted by atomic mass is 35.5. The van der Waals surface area contributed by atoms with E-state index in [0.717, 1.165) is 32.3 Å². The van der Waals surface area contributed by atoms with E-state index in [1.54, 1.807) is 12.3 Å². The normalized spacial score (nSPS) is 12.7. The number of carboxylic acid groups (broad SMARTS) is 1. The maximum Gasteiger partial charge on any atom is 0.331 e. The number of hydrogen-bond acceptors (Lipinski definition) is 4. The van der Waals surface area contributed by atoms with Crippen molar-refractivity contribution in [2.75, 3.05) is 0 Å². The van der Waals surface area contributed by atoms with E-state index in [9.17, 15) is 14.7 Å². The summed E-state index contributed by atoms with van der Waals surface area (Å²) >= 11 is 5.92. The molecule has 0 fully saturated rings. The summed E-state index contributed by atoms with van der Waals surface area (Å²) in [5, 5.41) is 21.1. The van der Waals surface area contributed by atoms with Crippen molar-refractivity contribution < 1.29 is 15.0 Å². The van der Waals surface area contributed by atoms with Crippen LogP contribution in [0.3, 0.4) is 0 Å². The van der Waals surface area contributed by atoms with E-state index in [-0.39, 0.29) is 18.8 Å². The Bertz CT molecular complexity index is 1380. The van der Waals surface area contributed by atoms with E-state index in [1.165, 1.54) is 4.57 Å². The van der Waals surface area contributed by atoms with Gasteiger partial charge in [0.25, 0.3) is 0 Å². The third-order valence-corrected chi connectivity index (χ3v) is 6.05. The number of aliphatic carboxylic acids is 1. The Kier molecular flexibility index (Phi) is 4.59. The van der Waals surface area contributed by atoms with E-state index in [1.807, 2.05) is 30.3 Å². The first kappa shape index (κ1) is 19.4. The van der Waals surface area contributed by atoms with Gasteiger partial charge in [0.05, 0.1) is 18.7 Å². The first-order chi connectivity index (χ1) is 14.9. The topological polar surface area (TPSA) is 102 Å². The molecule has 1 aromatic carbocycles. The Balaban J connectivity index is 1.62. The number of carboxylic acids is 1. The summed E-state index contributed by atoms with van der Waals surface area (Å²) < 4.78 is 4.84. The molecule has 0 aliphatic carbocycles. The second kappa shape index (κ2) is 7.31. The van der Waals surface area contributed by atoms with Crippen LogP contribution in [0.1, 0.15) is 28.9 Å². The van der Waals surface area contributed by atoms with Crippen LogP contribution in [0.5, 0.6) is 5.88 Å². The van der Waals surface area contributed by atoms with E-state index in [4.69, 9.17) is 16.7 Å².